The van der Waals surface area contributed by atoms with E-state index >= 15 is 0 Å². The number of halogens is 1. The number of nitrogens with zero attached hydrogens (tertiary/aromatic N) is 1. The van der Waals surface area contributed by atoms with E-state index in [-0.39, 0.29) is 17.9 Å². The molecule has 0 aliphatic carbocycles. The first-order chi connectivity index (χ1) is 11.4. The molecule has 2 amide bonds. The van der Waals surface area contributed by atoms with Gasteiger partial charge in [-0.25, -0.2) is 0 Å². The lowest BCUT2D eigenvalue weighted by Gasteiger charge is -2.36. The summed E-state index contributed by atoms with van der Waals surface area (Å²) in [6.07, 6.45) is 2.87. The number of hydrogen-bond acceptors (Lipinski definition) is 2. The molecule has 2 rings (SSSR count). The van der Waals surface area contributed by atoms with Crippen LogP contribution < -0.4 is 5.32 Å². The molecule has 24 heavy (non-hydrogen) atoms. The lowest BCUT2D eigenvalue weighted by Crippen LogP contribution is -2.50. The summed E-state index contributed by atoms with van der Waals surface area (Å²) in [4.78, 5) is 26.4. The van der Waals surface area contributed by atoms with E-state index in [1.54, 1.807) is 0 Å². The molecule has 1 saturated heterocycles. The number of likely N-dealkylation sites (tertiary alicyclic amines) is 1. The van der Waals surface area contributed by atoms with Crippen LogP contribution in [0.4, 0.5) is 0 Å². The number of nitrogens with one attached hydrogen (secondary N) is 1. The third-order valence-electron chi connectivity index (χ3n) is 4.54. The van der Waals surface area contributed by atoms with Gasteiger partial charge < -0.3 is 10.2 Å². The Kier molecular flexibility index (Phi) is 6.67. The predicted molar refractivity (Wildman–Crippen MR) is 97.0 cm³/mol. The fourth-order valence-electron chi connectivity index (χ4n) is 2.91. The van der Waals surface area contributed by atoms with Gasteiger partial charge in [0.15, 0.2) is 0 Å². The van der Waals surface area contributed by atoms with Crippen molar-refractivity contribution in [2.45, 2.75) is 45.6 Å². The van der Waals surface area contributed by atoms with Crippen molar-refractivity contribution in [3.05, 3.63) is 35.9 Å². The zero-order valence-corrected chi connectivity index (χ0v) is 15.3. The maximum Gasteiger partial charge on any atom is 0.229 e. The van der Waals surface area contributed by atoms with Crippen LogP contribution in [-0.4, -0.2) is 41.7 Å². The number of carbonyl (C=O) groups excluding carboxylic acids is 2. The van der Waals surface area contributed by atoms with Crippen LogP contribution in [0, 0.1) is 5.41 Å². The monoisotopic (exact) mass is 350 g/mol. The second-order valence-electron chi connectivity index (χ2n) is 7.14. The van der Waals surface area contributed by atoms with Crippen LogP contribution in [0.5, 0.6) is 0 Å². The van der Waals surface area contributed by atoms with Crippen LogP contribution >= 0.6 is 11.6 Å². The first-order valence-corrected chi connectivity index (χ1v) is 9.14. The minimum absolute atomic E-state index is 0.0877. The van der Waals surface area contributed by atoms with Gasteiger partial charge in [0.25, 0.3) is 0 Å². The van der Waals surface area contributed by atoms with Crippen molar-refractivity contribution in [1.82, 2.24) is 10.2 Å². The molecule has 1 N–H and O–H groups in total. The Labute approximate surface area is 149 Å². The van der Waals surface area contributed by atoms with E-state index in [1.807, 2.05) is 49.1 Å². The number of alkyl halides is 1. The zero-order valence-electron chi connectivity index (χ0n) is 14.6. The number of carbonyl (C=O) groups is 2. The van der Waals surface area contributed by atoms with Gasteiger partial charge in [-0.15, -0.1) is 11.6 Å². The van der Waals surface area contributed by atoms with E-state index in [9.17, 15) is 9.59 Å². The molecule has 0 radical (unpaired) electrons. The number of hydrogen-bond donors (Lipinski definition) is 1. The van der Waals surface area contributed by atoms with Crippen molar-refractivity contribution in [2.24, 2.45) is 5.41 Å². The largest absolute Gasteiger partial charge is 0.353 e. The molecule has 1 heterocycles. The van der Waals surface area contributed by atoms with Gasteiger partial charge in [-0.1, -0.05) is 30.3 Å². The Bertz CT molecular complexity index is 552. The van der Waals surface area contributed by atoms with Crippen LogP contribution in [0.25, 0.3) is 0 Å². The second kappa shape index (κ2) is 8.52. The van der Waals surface area contributed by atoms with E-state index in [0.29, 0.717) is 25.4 Å². The first-order valence-electron chi connectivity index (χ1n) is 8.61. The van der Waals surface area contributed by atoms with E-state index in [4.69, 9.17) is 11.6 Å². The summed E-state index contributed by atoms with van der Waals surface area (Å²) in [5.74, 6) is 0.512. The third kappa shape index (κ3) is 5.23. The molecule has 4 nitrogen and oxygen atoms in total. The summed E-state index contributed by atoms with van der Waals surface area (Å²) in [6, 6.07) is 10.2. The molecule has 5 heteroatoms. The Morgan fingerprint density at radius 3 is 2.42 bits per heavy atom. The van der Waals surface area contributed by atoms with Crippen LogP contribution in [-0.2, 0) is 16.0 Å². The molecular weight excluding hydrogens is 324 g/mol. The van der Waals surface area contributed by atoms with E-state index < -0.39 is 5.41 Å². The van der Waals surface area contributed by atoms with Gasteiger partial charge in [0.05, 0.1) is 5.41 Å². The third-order valence-corrected chi connectivity index (χ3v) is 5.21. The molecule has 1 aromatic rings. The zero-order chi connectivity index (χ0) is 17.6. The number of piperidine rings is 1. The van der Waals surface area contributed by atoms with Crippen molar-refractivity contribution in [3.63, 3.8) is 0 Å². The quantitative estimate of drug-likeness (QED) is 0.802. The van der Waals surface area contributed by atoms with Crippen molar-refractivity contribution in [1.29, 1.82) is 0 Å². The molecule has 132 valence electrons. The number of amides is 2. The van der Waals surface area contributed by atoms with Crippen LogP contribution in [0.3, 0.4) is 0 Å². The highest BCUT2D eigenvalue weighted by molar-refractivity contribution is 6.19. The molecule has 0 spiro atoms. The molecule has 0 unspecified atom stereocenters. The minimum atomic E-state index is -0.521. The van der Waals surface area contributed by atoms with Gasteiger partial charge in [0, 0.05) is 31.4 Å². The Hall–Kier alpha value is -1.55. The summed E-state index contributed by atoms with van der Waals surface area (Å²) in [7, 11) is 0. The minimum Gasteiger partial charge on any atom is -0.353 e. The molecule has 0 saturated carbocycles. The Morgan fingerprint density at radius 2 is 1.83 bits per heavy atom. The fourth-order valence-corrected chi connectivity index (χ4v) is 3.03. The summed E-state index contributed by atoms with van der Waals surface area (Å²) in [5, 5.41) is 3.10. The summed E-state index contributed by atoms with van der Waals surface area (Å²) < 4.78 is 0. The summed E-state index contributed by atoms with van der Waals surface area (Å²) >= 11 is 5.89. The standard InChI is InChI=1S/C19H27ClN2O2/c1-19(2,14-20)18(24)22-12-10-16(11-13-22)21-17(23)9-8-15-6-4-3-5-7-15/h3-7,16H,8-14H2,1-2H3,(H,21,23). The van der Waals surface area contributed by atoms with Gasteiger partial charge in [-0.3, -0.25) is 9.59 Å². The smallest absolute Gasteiger partial charge is 0.229 e. The predicted octanol–water partition coefficient (Wildman–Crippen LogP) is 2.99. The van der Waals surface area contributed by atoms with Gasteiger partial charge in [-0.2, -0.15) is 0 Å². The Morgan fingerprint density at radius 1 is 1.21 bits per heavy atom. The van der Waals surface area contributed by atoms with Crippen molar-refractivity contribution in [2.75, 3.05) is 19.0 Å². The topological polar surface area (TPSA) is 49.4 Å². The van der Waals surface area contributed by atoms with Crippen molar-refractivity contribution in [3.8, 4) is 0 Å². The molecule has 1 aromatic carbocycles. The van der Waals surface area contributed by atoms with Gasteiger partial charge in [-0.05, 0) is 38.7 Å². The highest BCUT2D eigenvalue weighted by Gasteiger charge is 2.33. The average molecular weight is 351 g/mol. The van der Waals surface area contributed by atoms with E-state index in [2.05, 4.69) is 5.32 Å². The summed E-state index contributed by atoms with van der Waals surface area (Å²) in [6.45, 7) is 5.12. The number of aryl methyl sites for hydroxylation is 1. The highest BCUT2D eigenvalue weighted by Crippen LogP contribution is 2.23. The molecule has 0 aromatic heterocycles. The fraction of sp³-hybridized carbons (Fsp3) is 0.579. The van der Waals surface area contributed by atoms with E-state index in [0.717, 1.165) is 19.3 Å². The van der Waals surface area contributed by atoms with Crippen molar-refractivity contribution >= 4 is 23.4 Å². The molecular formula is C19H27ClN2O2. The van der Waals surface area contributed by atoms with Crippen LogP contribution in [0.2, 0.25) is 0 Å². The van der Waals surface area contributed by atoms with Gasteiger partial charge in [0.2, 0.25) is 11.8 Å². The van der Waals surface area contributed by atoms with Gasteiger partial charge in [0.1, 0.15) is 0 Å². The second-order valence-corrected chi connectivity index (χ2v) is 7.40. The highest BCUT2D eigenvalue weighted by atomic mass is 35.5. The number of benzene rings is 1. The molecule has 1 aliphatic heterocycles. The molecule has 0 atom stereocenters. The Balaban J connectivity index is 1.73. The summed E-state index contributed by atoms with van der Waals surface area (Å²) in [5.41, 5.74) is 0.657. The maximum absolute atomic E-state index is 12.4. The maximum atomic E-state index is 12.4. The molecule has 1 fully saturated rings. The normalized spacial score (nSPS) is 16.0. The van der Waals surface area contributed by atoms with Crippen molar-refractivity contribution < 1.29 is 9.59 Å². The first kappa shape index (κ1) is 18.8. The molecule has 0 bridgehead atoms. The lowest BCUT2D eigenvalue weighted by molar-refractivity contribution is -0.140. The SMILES string of the molecule is CC(C)(CCl)C(=O)N1CCC(NC(=O)CCc2ccccc2)CC1. The molecule has 1 aliphatic rings. The van der Waals surface area contributed by atoms with Gasteiger partial charge >= 0.3 is 0 Å². The lowest BCUT2D eigenvalue weighted by atomic mass is 9.92. The van der Waals surface area contributed by atoms with E-state index in [1.165, 1.54) is 5.56 Å². The van der Waals surface area contributed by atoms with Crippen LogP contribution in [0.15, 0.2) is 30.3 Å². The average Bonchev–Trinajstić information content (AvgIpc) is 2.61. The number of rotatable bonds is 6. The van der Waals surface area contributed by atoms with Crippen LogP contribution in [0.1, 0.15) is 38.7 Å².